The van der Waals surface area contributed by atoms with Gasteiger partial charge in [-0.2, -0.15) is 19.1 Å². The first-order chi connectivity index (χ1) is 20.7. The zero-order valence-electron chi connectivity index (χ0n) is 23.2. The van der Waals surface area contributed by atoms with Gasteiger partial charge in [0.1, 0.15) is 11.9 Å². The molecular formula is C30H28F2N8O2S. The van der Waals surface area contributed by atoms with Crippen LogP contribution < -0.4 is 10.2 Å². The number of hydrogen-bond acceptors (Lipinski definition) is 9. The van der Waals surface area contributed by atoms with Gasteiger partial charge in [-0.3, -0.25) is 4.90 Å². The van der Waals surface area contributed by atoms with Crippen molar-refractivity contribution in [2.75, 3.05) is 24.2 Å². The van der Waals surface area contributed by atoms with E-state index in [4.69, 9.17) is 10.4 Å². The van der Waals surface area contributed by atoms with Crippen molar-refractivity contribution in [2.45, 2.75) is 36.5 Å². The normalized spacial score (nSPS) is 18.9. The summed E-state index contributed by atoms with van der Waals surface area (Å²) in [7, 11) is -3.32. The molecule has 220 valence electrons. The summed E-state index contributed by atoms with van der Waals surface area (Å²) in [6.45, 7) is -0.678. The van der Waals surface area contributed by atoms with E-state index in [1.165, 1.54) is 17.0 Å². The van der Waals surface area contributed by atoms with Gasteiger partial charge in [0.2, 0.25) is 0 Å². The van der Waals surface area contributed by atoms with Crippen molar-refractivity contribution in [3.63, 3.8) is 0 Å². The monoisotopic (exact) mass is 602 g/mol. The molecule has 0 spiro atoms. The van der Waals surface area contributed by atoms with Gasteiger partial charge in [-0.15, -0.1) is 0 Å². The van der Waals surface area contributed by atoms with E-state index in [2.05, 4.69) is 21.0 Å². The first kappa shape index (κ1) is 28.4. The van der Waals surface area contributed by atoms with Gasteiger partial charge >= 0.3 is 6.55 Å². The number of nitrogens with zero attached hydrogens (tertiary/aromatic N) is 6. The number of piperidine rings is 1. The van der Waals surface area contributed by atoms with Gasteiger partial charge in [-0.25, -0.2) is 17.9 Å². The Kier molecular flexibility index (Phi) is 7.41. The summed E-state index contributed by atoms with van der Waals surface area (Å²) >= 11 is 0. The number of benzene rings is 1. The predicted octanol–water partition coefficient (Wildman–Crippen LogP) is 3.94. The fraction of sp³-hybridized carbons (Fsp3) is 0.267. The van der Waals surface area contributed by atoms with Crippen LogP contribution in [0.2, 0.25) is 0 Å². The second-order valence-electron chi connectivity index (χ2n) is 10.7. The minimum atomic E-state index is -3.32. The van der Waals surface area contributed by atoms with Crippen molar-refractivity contribution >= 4 is 33.0 Å². The van der Waals surface area contributed by atoms with E-state index in [1.54, 1.807) is 30.6 Å². The SMILES string of the molecule is CS(=O)(=O)c1ccccc1CN1C2CC1CN(c1ccc(-c3cc(/C(C=N)=C/NC(F)F)cn4ncc(C#N)c34)cn1)C2. The van der Waals surface area contributed by atoms with Crippen molar-refractivity contribution in [1.29, 1.82) is 10.7 Å². The minimum Gasteiger partial charge on any atom is -0.353 e. The largest absolute Gasteiger partial charge is 0.353 e. The Morgan fingerprint density at radius 3 is 2.63 bits per heavy atom. The van der Waals surface area contributed by atoms with Crippen LogP contribution in [0, 0.1) is 16.7 Å². The lowest BCUT2D eigenvalue weighted by molar-refractivity contribution is -0.00931. The van der Waals surface area contributed by atoms with Gasteiger partial charge in [-0.05, 0) is 36.2 Å². The molecule has 0 aliphatic carbocycles. The number of pyridine rings is 2. The van der Waals surface area contributed by atoms with E-state index in [0.29, 0.717) is 39.2 Å². The Bertz CT molecular complexity index is 1870. The molecule has 2 atom stereocenters. The summed E-state index contributed by atoms with van der Waals surface area (Å²) in [5, 5.41) is 23.6. The summed E-state index contributed by atoms with van der Waals surface area (Å²) < 4.78 is 51.6. The van der Waals surface area contributed by atoms with Crippen LogP contribution in [0.3, 0.4) is 0 Å². The smallest absolute Gasteiger partial charge is 0.312 e. The second kappa shape index (κ2) is 11.2. The maximum absolute atomic E-state index is 12.8. The lowest BCUT2D eigenvalue weighted by atomic mass is 9.86. The average molecular weight is 603 g/mol. The summed E-state index contributed by atoms with van der Waals surface area (Å²) in [6, 6.07) is 15.4. The third kappa shape index (κ3) is 5.47. The van der Waals surface area contributed by atoms with Gasteiger partial charge in [-0.1, -0.05) is 18.2 Å². The topological polar surface area (TPSA) is 130 Å². The Labute approximate surface area is 247 Å². The van der Waals surface area contributed by atoms with E-state index in [-0.39, 0.29) is 17.7 Å². The fourth-order valence-electron chi connectivity index (χ4n) is 6.00. The van der Waals surface area contributed by atoms with Gasteiger partial charge < -0.3 is 15.6 Å². The first-order valence-corrected chi connectivity index (χ1v) is 15.5. The first-order valence-electron chi connectivity index (χ1n) is 13.6. The van der Waals surface area contributed by atoms with Gasteiger partial charge in [0.15, 0.2) is 9.84 Å². The molecule has 2 unspecified atom stereocenters. The molecule has 3 aromatic heterocycles. The molecule has 3 fully saturated rings. The highest BCUT2D eigenvalue weighted by Gasteiger charge is 2.45. The summed E-state index contributed by atoms with van der Waals surface area (Å²) in [5.41, 5.74) is 3.75. The van der Waals surface area contributed by atoms with Crippen LogP contribution in [-0.2, 0) is 16.4 Å². The molecule has 2 N–H and O–H groups in total. The molecule has 3 aliphatic heterocycles. The molecule has 13 heteroatoms. The predicted molar refractivity (Wildman–Crippen MR) is 159 cm³/mol. The number of nitriles is 1. The summed E-state index contributed by atoms with van der Waals surface area (Å²) in [6.07, 6.45) is 9.07. The molecule has 4 aromatic rings. The molecule has 0 amide bonds. The van der Waals surface area contributed by atoms with Crippen molar-refractivity contribution < 1.29 is 17.2 Å². The van der Waals surface area contributed by atoms with Crippen LogP contribution in [0.1, 0.15) is 23.1 Å². The van der Waals surface area contributed by atoms with E-state index in [0.717, 1.165) is 43.3 Å². The van der Waals surface area contributed by atoms with Crippen LogP contribution >= 0.6 is 0 Å². The third-order valence-electron chi connectivity index (χ3n) is 8.04. The molecule has 0 saturated carbocycles. The number of alkyl halides is 2. The summed E-state index contributed by atoms with van der Waals surface area (Å²) in [4.78, 5) is 9.69. The van der Waals surface area contributed by atoms with Crippen molar-refractivity contribution in [2.24, 2.45) is 0 Å². The number of rotatable bonds is 9. The highest BCUT2D eigenvalue weighted by molar-refractivity contribution is 7.90. The molecular weight excluding hydrogens is 574 g/mol. The van der Waals surface area contributed by atoms with Crippen LogP contribution in [0.15, 0.2) is 72.2 Å². The standard InChI is InChI=1S/C30H28F2N8O2S/c1-43(41,42)27-5-3-2-4-20(27)15-39-24-9-25(39)18-38(17-24)28-7-6-19(12-35-28)26-8-21(22(10-33)13-36-30(31)32)16-40-29(26)23(11-34)14-37-40/h2-8,10,12-14,16,24-25,30,33,36H,9,15,17-18H2,1H3/b22-13+,33-10?. The molecule has 3 aliphatic rings. The van der Waals surface area contributed by atoms with Gasteiger partial charge in [0, 0.05) is 85.0 Å². The molecule has 1 aromatic carbocycles. The van der Waals surface area contributed by atoms with E-state index < -0.39 is 16.4 Å². The third-order valence-corrected chi connectivity index (χ3v) is 9.24. The molecule has 0 radical (unpaired) electrons. The average Bonchev–Trinajstić information content (AvgIpc) is 3.43. The van der Waals surface area contributed by atoms with Gasteiger partial charge in [0.05, 0.1) is 22.2 Å². The Hall–Kier alpha value is -4.67. The number of fused-ring (bicyclic) bond motifs is 3. The van der Waals surface area contributed by atoms with Gasteiger partial charge in [0.25, 0.3) is 0 Å². The van der Waals surface area contributed by atoms with Crippen molar-refractivity contribution in [3.8, 4) is 17.2 Å². The Balaban J connectivity index is 1.24. The number of nitrogens with one attached hydrogen (secondary N) is 2. The van der Waals surface area contributed by atoms with E-state index in [1.807, 2.05) is 29.6 Å². The number of anilines is 1. The molecule has 7 rings (SSSR count). The second-order valence-corrected chi connectivity index (χ2v) is 12.7. The summed E-state index contributed by atoms with van der Waals surface area (Å²) in [5.74, 6) is 0.803. The van der Waals surface area contributed by atoms with E-state index >= 15 is 0 Å². The van der Waals surface area contributed by atoms with E-state index in [9.17, 15) is 22.5 Å². The number of allylic oxidation sites excluding steroid dienone is 1. The number of aromatic nitrogens is 3. The van der Waals surface area contributed by atoms with Crippen LogP contribution in [-0.4, -0.2) is 72.1 Å². The molecule has 6 heterocycles. The van der Waals surface area contributed by atoms with Crippen LogP contribution in [0.4, 0.5) is 14.6 Å². The zero-order valence-corrected chi connectivity index (χ0v) is 24.0. The number of sulfone groups is 1. The van der Waals surface area contributed by atoms with Crippen molar-refractivity contribution in [3.05, 3.63) is 83.9 Å². The lowest BCUT2D eigenvalue weighted by Gasteiger charge is -2.56. The lowest BCUT2D eigenvalue weighted by Crippen LogP contribution is -2.68. The number of piperazine rings is 1. The maximum atomic E-state index is 12.8. The molecule has 2 bridgehead atoms. The Morgan fingerprint density at radius 2 is 1.98 bits per heavy atom. The molecule has 43 heavy (non-hydrogen) atoms. The molecule has 3 saturated heterocycles. The number of halogens is 2. The minimum absolute atomic E-state index is 0.221. The molecule has 10 nitrogen and oxygen atoms in total. The number of hydrogen-bond donors (Lipinski definition) is 2. The zero-order chi connectivity index (χ0) is 30.3. The highest BCUT2D eigenvalue weighted by atomic mass is 32.2. The maximum Gasteiger partial charge on any atom is 0.312 e. The highest BCUT2D eigenvalue weighted by Crippen LogP contribution is 2.37. The fourth-order valence-corrected chi connectivity index (χ4v) is 6.93. The van der Waals surface area contributed by atoms with Crippen molar-refractivity contribution in [1.82, 2.24) is 24.8 Å². The van der Waals surface area contributed by atoms with Crippen LogP contribution in [0.5, 0.6) is 0 Å². The Morgan fingerprint density at radius 1 is 1.21 bits per heavy atom. The van der Waals surface area contributed by atoms with Crippen LogP contribution in [0.25, 0.3) is 22.2 Å². The quantitative estimate of drug-likeness (QED) is 0.218.